The van der Waals surface area contributed by atoms with E-state index in [1.165, 1.54) is 10.8 Å². The topological polar surface area (TPSA) is 122 Å². The molecule has 1 fully saturated rings. The Hall–Kier alpha value is -0.860. The second-order valence-corrected chi connectivity index (χ2v) is 7.95. The van der Waals surface area contributed by atoms with Crippen LogP contribution in [0.4, 0.5) is 0 Å². The maximum atomic E-state index is 11.7. The summed E-state index contributed by atoms with van der Waals surface area (Å²) < 4.78 is 17.6. The number of nitrogens with one attached hydrogen (secondary N) is 1. The molecule has 0 aliphatic carbocycles. The van der Waals surface area contributed by atoms with Crippen molar-refractivity contribution in [3.8, 4) is 0 Å². The quantitative estimate of drug-likeness (QED) is 0.667. The van der Waals surface area contributed by atoms with Gasteiger partial charge in [0.2, 0.25) is 0 Å². The summed E-state index contributed by atoms with van der Waals surface area (Å²) >= 11 is 1.13. The van der Waals surface area contributed by atoms with Gasteiger partial charge in [-0.25, -0.2) is 4.79 Å². The molecular formula is C10H15N2O6PS. The molecule has 1 saturated heterocycles. The zero-order valence-corrected chi connectivity index (χ0v) is 12.4. The Morgan fingerprint density at radius 1 is 1.55 bits per heavy atom. The molecule has 1 aliphatic heterocycles. The predicted molar refractivity (Wildman–Crippen MR) is 74.0 cm³/mol. The maximum absolute atomic E-state index is 11.7. The number of nitrogens with zero attached hydrogens (tertiary/aromatic N) is 1. The predicted octanol–water partition coefficient (Wildman–Crippen LogP) is 0.000920. The number of ether oxygens (including phenoxy) is 1. The van der Waals surface area contributed by atoms with Gasteiger partial charge in [0.05, 0.1) is 12.1 Å². The van der Waals surface area contributed by atoms with E-state index in [2.05, 4.69) is 4.98 Å². The molecule has 10 heteroatoms. The minimum absolute atomic E-state index is 0.0910. The lowest BCUT2D eigenvalue weighted by atomic mass is 10.3. The van der Waals surface area contributed by atoms with Crippen LogP contribution in [0.3, 0.4) is 0 Å². The highest BCUT2D eigenvalue weighted by molar-refractivity contribution is 8.04. The van der Waals surface area contributed by atoms with E-state index in [1.807, 2.05) is 0 Å². The number of thioether (sulfide) groups is 1. The van der Waals surface area contributed by atoms with Gasteiger partial charge >= 0.3 is 13.3 Å². The minimum atomic E-state index is -4.04. The second-order valence-electron chi connectivity index (χ2n) is 4.58. The third-order valence-electron chi connectivity index (χ3n) is 2.87. The van der Waals surface area contributed by atoms with Gasteiger partial charge in [-0.15, -0.1) is 11.8 Å². The number of aryl methyl sites for hydroxylation is 1. The van der Waals surface area contributed by atoms with Gasteiger partial charge in [-0.05, 0) is 6.92 Å². The normalized spacial score (nSPS) is 23.1. The smallest absolute Gasteiger partial charge is 0.335 e. The van der Waals surface area contributed by atoms with E-state index in [0.717, 1.165) is 11.8 Å². The molecule has 0 radical (unpaired) electrons. The highest BCUT2D eigenvalue weighted by Gasteiger charge is 2.29. The lowest BCUT2D eigenvalue weighted by Gasteiger charge is -2.13. The summed E-state index contributed by atoms with van der Waals surface area (Å²) in [5.41, 5.74) is -0.852. The molecule has 1 aromatic rings. The van der Waals surface area contributed by atoms with E-state index in [4.69, 9.17) is 14.5 Å². The largest absolute Gasteiger partial charge is 0.357 e. The van der Waals surface area contributed by atoms with Crippen LogP contribution >= 0.6 is 19.4 Å². The Bertz CT molecular complexity index is 650. The van der Waals surface area contributed by atoms with E-state index >= 15 is 0 Å². The molecule has 0 bridgehead atoms. The Morgan fingerprint density at radius 3 is 2.90 bits per heavy atom. The van der Waals surface area contributed by atoms with E-state index in [1.54, 1.807) is 6.92 Å². The molecule has 2 heterocycles. The first-order chi connectivity index (χ1) is 9.26. The first-order valence-electron chi connectivity index (χ1n) is 5.86. The van der Waals surface area contributed by atoms with Gasteiger partial charge in [0.1, 0.15) is 6.23 Å². The highest BCUT2D eigenvalue weighted by atomic mass is 32.2. The molecule has 0 amide bonds. The Morgan fingerprint density at radius 2 is 2.25 bits per heavy atom. The Labute approximate surface area is 118 Å². The first kappa shape index (κ1) is 15.5. The van der Waals surface area contributed by atoms with Gasteiger partial charge in [-0.2, -0.15) is 0 Å². The number of aromatic nitrogens is 2. The van der Waals surface area contributed by atoms with Crippen molar-refractivity contribution in [3.05, 3.63) is 32.6 Å². The van der Waals surface area contributed by atoms with Crippen LogP contribution in [-0.2, 0) is 9.30 Å². The summed E-state index contributed by atoms with van der Waals surface area (Å²) in [6.45, 7) is 1.89. The molecule has 20 heavy (non-hydrogen) atoms. The van der Waals surface area contributed by atoms with Gasteiger partial charge in [0.15, 0.2) is 0 Å². The Balaban J connectivity index is 2.06. The summed E-state index contributed by atoms with van der Waals surface area (Å²) in [6, 6.07) is 0. The SMILES string of the molecule is Cc1cn(C2C[C@@H](SCP(=O)(O)O)CO2)c(=O)[nH]c1=O. The number of H-pyrrole nitrogens is 1. The number of aromatic amines is 1. The van der Waals surface area contributed by atoms with Crippen molar-refractivity contribution < 1.29 is 19.1 Å². The molecule has 3 N–H and O–H groups in total. The first-order valence-corrected chi connectivity index (χ1v) is 8.71. The molecule has 0 spiro atoms. The second kappa shape index (κ2) is 5.87. The van der Waals surface area contributed by atoms with E-state index in [0.29, 0.717) is 18.6 Å². The summed E-state index contributed by atoms with van der Waals surface area (Å²) in [5.74, 6) is 0. The summed E-state index contributed by atoms with van der Waals surface area (Å²) in [6.07, 6.45) is 1.37. The van der Waals surface area contributed by atoms with Crippen LogP contribution in [0.2, 0.25) is 0 Å². The fourth-order valence-electron chi connectivity index (χ4n) is 1.89. The van der Waals surface area contributed by atoms with Gasteiger partial charge in [-0.3, -0.25) is 18.9 Å². The fourth-order valence-corrected chi connectivity index (χ4v) is 3.99. The zero-order chi connectivity index (χ0) is 14.9. The molecule has 2 rings (SSSR count). The van der Waals surface area contributed by atoms with Crippen LogP contribution < -0.4 is 11.2 Å². The van der Waals surface area contributed by atoms with Crippen molar-refractivity contribution in [3.63, 3.8) is 0 Å². The van der Waals surface area contributed by atoms with Crippen molar-refractivity contribution in [1.82, 2.24) is 9.55 Å². The maximum Gasteiger partial charge on any atom is 0.335 e. The summed E-state index contributed by atoms with van der Waals surface area (Å²) in [4.78, 5) is 42.8. The van der Waals surface area contributed by atoms with Crippen molar-refractivity contribution in [2.24, 2.45) is 0 Å². The molecule has 1 aromatic heterocycles. The van der Waals surface area contributed by atoms with Crippen LogP contribution in [0, 0.1) is 6.92 Å². The average molecular weight is 322 g/mol. The minimum Gasteiger partial charge on any atom is -0.357 e. The van der Waals surface area contributed by atoms with E-state index < -0.39 is 25.1 Å². The Kier molecular flexibility index (Phi) is 4.55. The third kappa shape index (κ3) is 3.83. The number of rotatable bonds is 4. The van der Waals surface area contributed by atoms with E-state index in [-0.39, 0.29) is 10.7 Å². The van der Waals surface area contributed by atoms with Crippen LogP contribution in [0.1, 0.15) is 18.2 Å². The van der Waals surface area contributed by atoms with Crippen LogP contribution in [-0.4, -0.2) is 36.7 Å². The molecule has 0 aromatic carbocycles. The summed E-state index contributed by atoms with van der Waals surface area (Å²) in [7, 11) is -4.04. The lowest BCUT2D eigenvalue weighted by molar-refractivity contribution is 0.0526. The van der Waals surface area contributed by atoms with Crippen LogP contribution in [0.15, 0.2) is 15.8 Å². The fraction of sp³-hybridized carbons (Fsp3) is 0.600. The summed E-state index contributed by atoms with van der Waals surface area (Å²) in [5, 5.41) is -0.0910. The van der Waals surface area contributed by atoms with Crippen molar-refractivity contribution in [2.45, 2.75) is 24.8 Å². The molecule has 112 valence electrons. The monoisotopic (exact) mass is 322 g/mol. The van der Waals surface area contributed by atoms with Gasteiger partial charge < -0.3 is 14.5 Å². The molecule has 1 unspecified atom stereocenters. The third-order valence-corrected chi connectivity index (χ3v) is 5.62. The van der Waals surface area contributed by atoms with Crippen molar-refractivity contribution >= 4 is 19.4 Å². The van der Waals surface area contributed by atoms with Crippen LogP contribution in [0.25, 0.3) is 0 Å². The lowest BCUT2D eigenvalue weighted by Crippen LogP contribution is -2.33. The van der Waals surface area contributed by atoms with Crippen molar-refractivity contribution in [1.29, 1.82) is 0 Å². The zero-order valence-electron chi connectivity index (χ0n) is 10.7. The molecular weight excluding hydrogens is 307 g/mol. The van der Waals surface area contributed by atoms with Gasteiger partial charge in [0, 0.05) is 23.4 Å². The van der Waals surface area contributed by atoms with Crippen molar-refractivity contribution in [2.75, 3.05) is 12.1 Å². The molecule has 1 aliphatic rings. The van der Waals surface area contributed by atoms with Crippen LogP contribution in [0.5, 0.6) is 0 Å². The highest BCUT2D eigenvalue weighted by Crippen LogP contribution is 2.42. The molecule has 0 saturated carbocycles. The number of hydrogen-bond acceptors (Lipinski definition) is 5. The van der Waals surface area contributed by atoms with E-state index in [9.17, 15) is 14.2 Å². The standard InChI is InChI=1S/C10H15N2O6PS/c1-6-3-12(10(14)11-9(6)13)8-2-7(4-18-8)20-5-19(15,16)17/h3,7-8H,2,4-5H2,1H3,(H,11,13,14)(H2,15,16,17)/t7-,8?/m1/s1. The molecule has 2 atom stereocenters. The van der Waals surface area contributed by atoms with Gasteiger partial charge in [-0.1, -0.05) is 0 Å². The number of hydrogen-bond donors (Lipinski definition) is 3. The molecule has 8 nitrogen and oxygen atoms in total. The average Bonchev–Trinajstić information content (AvgIpc) is 2.79. The van der Waals surface area contributed by atoms with Gasteiger partial charge in [0.25, 0.3) is 5.56 Å².